The molecule has 38 heavy (non-hydrogen) atoms. The highest BCUT2D eigenvalue weighted by atomic mass is 16.5. The van der Waals surface area contributed by atoms with E-state index in [9.17, 15) is 19.8 Å². The predicted octanol–water partition coefficient (Wildman–Crippen LogP) is 2.63. The minimum Gasteiger partial charge on any atom is -0.508 e. The van der Waals surface area contributed by atoms with E-state index >= 15 is 0 Å². The summed E-state index contributed by atoms with van der Waals surface area (Å²) in [5.41, 5.74) is 1.77. The largest absolute Gasteiger partial charge is 0.508 e. The Morgan fingerprint density at radius 2 is 1.84 bits per heavy atom. The normalized spacial score (nSPS) is 17.2. The monoisotopic (exact) mass is 520 g/mol. The maximum atomic E-state index is 13.6. The zero-order valence-electron chi connectivity index (χ0n) is 22.0. The van der Waals surface area contributed by atoms with Gasteiger partial charge in [-0.1, -0.05) is 0 Å². The standard InChI is InChI=1S/C28H32N4O6/c1-29(2)28(36)26-20(16-24-27(35)25-22(34)13-17(33)14-23(25)38-24)19-15-18(37-4)5-6-21(19)32(26)12-11-31-9-7-30(3)8-10-31/h5-6,13-16,33-34H,7-12H2,1-4H3. The molecule has 1 saturated heterocycles. The van der Waals surface area contributed by atoms with E-state index in [0.717, 1.165) is 49.7 Å². The molecule has 10 heteroatoms. The molecule has 10 nitrogen and oxygen atoms in total. The van der Waals surface area contributed by atoms with Crippen molar-refractivity contribution in [1.29, 1.82) is 0 Å². The number of hydrogen-bond donors (Lipinski definition) is 2. The highest BCUT2D eigenvalue weighted by molar-refractivity contribution is 6.18. The Morgan fingerprint density at radius 3 is 2.53 bits per heavy atom. The number of aromatic hydroxyl groups is 2. The van der Waals surface area contributed by atoms with Crippen LogP contribution in [0.2, 0.25) is 0 Å². The van der Waals surface area contributed by atoms with E-state index in [0.29, 0.717) is 23.6 Å². The van der Waals surface area contributed by atoms with Crippen molar-refractivity contribution < 1.29 is 29.3 Å². The first kappa shape index (κ1) is 25.6. The van der Waals surface area contributed by atoms with Gasteiger partial charge < -0.3 is 34.1 Å². The third-order valence-electron chi connectivity index (χ3n) is 7.17. The lowest BCUT2D eigenvalue weighted by atomic mass is 10.1. The molecule has 0 radical (unpaired) electrons. The number of ketones is 1. The number of nitrogens with zero attached hydrogens (tertiary/aromatic N) is 4. The highest BCUT2D eigenvalue weighted by Crippen LogP contribution is 2.41. The first-order valence-electron chi connectivity index (χ1n) is 12.5. The van der Waals surface area contributed by atoms with E-state index in [4.69, 9.17) is 9.47 Å². The maximum Gasteiger partial charge on any atom is 0.270 e. The van der Waals surface area contributed by atoms with Crippen molar-refractivity contribution in [3.05, 3.63) is 52.9 Å². The van der Waals surface area contributed by atoms with E-state index in [1.807, 2.05) is 22.8 Å². The third-order valence-corrected chi connectivity index (χ3v) is 7.17. The Morgan fingerprint density at radius 1 is 1.11 bits per heavy atom. The minimum absolute atomic E-state index is 0.0223. The molecule has 0 aliphatic carbocycles. The predicted molar refractivity (Wildman–Crippen MR) is 143 cm³/mol. The van der Waals surface area contributed by atoms with Gasteiger partial charge in [0.05, 0.1) is 7.11 Å². The number of amides is 1. The number of phenolic OH excluding ortho intramolecular Hbond substituents is 2. The average Bonchev–Trinajstić information content (AvgIpc) is 3.36. The van der Waals surface area contributed by atoms with Gasteiger partial charge in [0.15, 0.2) is 5.76 Å². The number of aromatic nitrogens is 1. The van der Waals surface area contributed by atoms with Crippen LogP contribution in [0.15, 0.2) is 36.1 Å². The second-order valence-electron chi connectivity index (χ2n) is 9.92. The van der Waals surface area contributed by atoms with Crippen LogP contribution in [0.1, 0.15) is 26.4 Å². The maximum absolute atomic E-state index is 13.6. The smallest absolute Gasteiger partial charge is 0.270 e. The fourth-order valence-corrected chi connectivity index (χ4v) is 5.03. The molecule has 0 saturated carbocycles. The van der Waals surface area contributed by atoms with E-state index in [1.165, 1.54) is 11.0 Å². The Balaban J connectivity index is 1.64. The number of rotatable bonds is 6. The van der Waals surface area contributed by atoms with Crippen LogP contribution < -0.4 is 9.47 Å². The van der Waals surface area contributed by atoms with Crippen LogP contribution in [-0.4, -0.2) is 102 Å². The van der Waals surface area contributed by atoms with Crippen LogP contribution in [0, 0.1) is 0 Å². The van der Waals surface area contributed by atoms with E-state index < -0.39 is 5.78 Å². The highest BCUT2D eigenvalue weighted by Gasteiger charge is 2.33. The summed E-state index contributed by atoms with van der Waals surface area (Å²) in [5, 5.41) is 20.9. The van der Waals surface area contributed by atoms with Gasteiger partial charge in [-0.15, -0.1) is 0 Å². The molecule has 0 atom stereocenters. The average molecular weight is 521 g/mol. The van der Waals surface area contributed by atoms with Crippen molar-refractivity contribution in [2.24, 2.45) is 0 Å². The fourth-order valence-electron chi connectivity index (χ4n) is 5.03. The van der Waals surface area contributed by atoms with Crippen molar-refractivity contribution in [2.45, 2.75) is 6.54 Å². The minimum atomic E-state index is -0.526. The number of piperazine rings is 1. The van der Waals surface area contributed by atoms with Gasteiger partial charge in [0.25, 0.3) is 5.91 Å². The number of methoxy groups -OCH3 is 1. The van der Waals surface area contributed by atoms with Crippen LogP contribution in [0.5, 0.6) is 23.0 Å². The number of ether oxygens (including phenoxy) is 2. The summed E-state index contributed by atoms with van der Waals surface area (Å²) in [4.78, 5) is 33.0. The molecular formula is C28H32N4O6. The van der Waals surface area contributed by atoms with E-state index in [-0.39, 0.29) is 34.5 Å². The van der Waals surface area contributed by atoms with Crippen molar-refractivity contribution in [3.63, 3.8) is 0 Å². The SMILES string of the molecule is COc1ccc2c(c1)c(C=C1Oc3cc(O)cc(O)c3C1=O)c(C(=O)N(C)C)n2CCN1CCN(C)CC1. The molecule has 0 unspecified atom stereocenters. The molecule has 3 heterocycles. The van der Waals surface area contributed by atoms with Gasteiger partial charge >= 0.3 is 0 Å². The molecule has 1 amide bonds. The number of carbonyl (C=O) groups is 2. The Bertz CT molecular complexity index is 1450. The summed E-state index contributed by atoms with van der Waals surface area (Å²) < 4.78 is 13.2. The third kappa shape index (κ3) is 4.57. The lowest BCUT2D eigenvalue weighted by molar-refractivity contribution is 0.0815. The summed E-state index contributed by atoms with van der Waals surface area (Å²) in [5.74, 6) is -0.693. The Labute approximate surface area is 220 Å². The van der Waals surface area contributed by atoms with Crippen LogP contribution in [0.4, 0.5) is 0 Å². The van der Waals surface area contributed by atoms with Crippen LogP contribution in [0.25, 0.3) is 17.0 Å². The molecule has 2 N–H and O–H groups in total. The van der Waals surface area contributed by atoms with E-state index in [1.54, 1.807) is 27.3 Å². The summed E-state index contributed by atoms with van der Waals surface area (Å²) in [6.45, 7) is 5.23. The number of benzene rings is 2. The van der Waals surface area contributed by atoms with Crippen LogP contribution in [-0.2, 0) is 6.54 Å². The number of hydrogen-bond acceptors (Lipinski definition) is 8. The van der Waals surface area contributed by atoms with Gasteiger partial charge in [-0.05, 0) is 31.3 Å². The van der Waals surface area contributed by atoms with Gasteiger partial charge in [0, 0.05) is 82.0 Å². The number of fused-ring (bicyclic) bond motifs is 2. The van der Waals surface area contributed by atoms with Crippen LogP contribution in [0.3, 0.4) is 0 Å². The number of allylic oxidation sites excluding steroid dienone is 1. The molecule has 1 fully saturated rings. The second kappa shape index (κ2) is 10.0. The van der Waals surface area contributed by atoms with Gasteiger partial charge in [-0.3, -0.25) is 14.5 Å². The zero-order chi connectivity index (χ0) is 27.1. The molecule has 200 valence electrons. The summed E-state index contributed by atoms with van der Waals surface area (Å²) >= 11 is 0. The van der Waals surface area contributed by atoms with Crippen LogP contribution >= 0.6 is 0 Å². The van der Waals surface area contributed by atoms with Crippen molar-refractivity contribution in [2.75, 3.05) is 61.0 Å². The molecular weight excluding hydrogens is 488 g/mol. The quantitative estimate of drug-likeness (QED) is 0.478. The topological polar surface area (TPSA) is 108 Å². The lowest BCUT2D eigenvalue weighted by Crippen LogP contribution is -2.45. The molecule has 5 rings (SSSR count). The first-order valence-corrected chi connectivity index (χ1v) is 12.5. The molecule has 2 aliphatic rings. The number of phenols is 2. The molecule has 1 aromatic heterocycles. The summed E-state index contributed by atoms with van der Waals surface area (Å²) in [6, 6.07) is 7.99. The number of carbonyl (C=O) groups excluding carboxylic acids is 2. The summed E-state index contributed by atoms with van der Waals surface area (Å²) in [7, 11) is 7.07. The number of Topliss-reactive ketones (excluding diaryl/α,β-unsaturated/α-hetero) is 1. The number of likely N-dealkylation sites (N-methyl/N-ethyl adjacent to an activating group) is 1. The molecule has 2 aromatic carbocycles. The lowest BCUT2D eigenvalue weighted by Gasteiger charge is -2.32. The van der Waals surface area contributed by atoms with E-state index in [2.05, 4.69) is 16.8 Å². The zero-order valence-corrected chi connectivity index (χ0v) is 22.0. The summed E-state index contributed by atoms with van der Waals surface area (Å²) in [6.07, 6.45) is 1.55. The fraction of sp³-hybridized carbons (Fsp3) is 0.357. The van der Waals surface area contributed by atoms with Gasteiger partial charge in [0.1, 0.15) is 34.3 Å². The molecule has 3 aromatic rings. The second-order valence-corrected chi connectivity index (χ2v) is 9.92. The van der Waals surface area contributed by atoms with Crippen molar-refractivity contribution in [1.82, 2.24) is 19.3 Å². The Hall–Kier alpha value is -4.02. The first-order chi connectivity index (χ1) is 18.2. The van der Waals surface area contributed by atoms with Crippen molar-refractivity contribution in [3.8, 4) is 23.0 Å². The molecule has 0 bridgehead atoms. The van der Waals surface area contributed by atoms with Gasteiger partial charge in [-0.2, -0.15) is 0 Å². The van der Waals surface area contributed by atoms with Gasteiger partial charge in [0.2, 0.25) is 5.78 Å². The Kier molecular flexibility index (Phi) is 6.77. The van der Waals surface area contributed by atoms with Gasteiger partial charge in [-0.25, -0.2) is 0 Å². The molecule has 2 aliphatic heterocycles. The van der Waals surface area contributed by atoms with Crippen molar-refractivity contribution >= 4 is 28.7 Å². The molecule has 0 spiro atoms.